The number of hydrogen-bond acceptors (Lipinski definition) is 5. The third-order valence-corrected chi connectivity index (χ3v) is 5.36. The second-order valence-electron chi connectivity index (χ2n) is 7.90. The molecule has 4 rings (SSSR count). The lowest BCUT2D eigenvalue weighted by Gasteiger charge is -2.45. The Morgan fingerprint density at radius 1 is 1.08 bits per heavy atom. The van der Waals surface area contributed by atoms with Gasteiger partial charge in [0.25, 0.3) is 11.8 Å². The highest BCUT2D eigenvalue weighted by Crippen LogP contribution is 2.34. The largest absolute Gasteiger partial charge is 0.471 e. The fourth-order valence-electron chi connectivity index (χ4n) is 3.57. The van der Waals surface area contributed by atoms with E-state index >= 15 is 4.39 Å². The van der Waals surface area contributed by atoms with Crippen LogP contribution in [0.15, 0.2) is 52.9 Å². The second kappa shape index (κ2) is 9.24. The summed E-state index contributed by atoms with van der Waals surface area (Å²) < 4.78 is 98.1. The molecule has 0 bridgehead atoms. The molecule has 14 heteroatoms. The van der Waals surface area contributed by atoms with Crippen LogP contribution in [-0.2, 0) is 16.1 Å². The van der Waals surface area contributed by atoms with Crippen molar-refractivity contribution < 1.29 is 44.7 Å². The van der Waals surface area contributed by atoms with Crippen LogP contribution in [0.2, 0.25) is 0 Å². The van der Waals surface area contributed by atoms with Gasteiger partial charge in [0.05, 0.1) is 19.6 Å². The molecular formula is C22H15F7N4O3. The van der Waals surface area contributed by atoms with Crippen LogP contribution in [0.25, 0.3) is 11.5 Å². The lowest BCUT2D eigenvalue weighted by atomic mass is 9.93. The molecule has 2 amide bonds. The van der Waals surface area contributed by atoms with Crippen LogP contribution >= 0.6 is 0 Å². The first-order chi connectivity index (χ1) is 16.9. The number of likely N-dealkylation sites (tertiary alicyclic amines) is 1. The van der Waals surface area contributed by atoms with E-state index in [0.717, 1.165) is 11.0 Å². The zero-order valence-electron chi connectivity index (χ0n) is 18.0. The van der Waals surface area contributed by atoms with Gasteiger partial charge in [-0.25, -0.2) is 8.78 Å². The summed E-state index contributed by atoms with van der Waals surface area (Å²) in [6.45, 7) is -2.75. The van der Waals surface area contributed by atoms with Gasteiger partial charge in [0.2, 0.25) is 11.6 Å². The van der Waals surface area contributed by atoms with Gasteiger partial charge in [-0.15, -0.1) is 10.2 Å². The molecule has 1 aromatic heterocycles. The number of amides is 2. The van der Waals surface area contributed by atoms with Crippen LogP contribution in [0.3, 0.4) is 0 Å². The summed E-state index contributed by atoms with van der Waals surface area (Å²) in [5.41, 5.74) is -2.85. The third-order valence-electron chi connectivity index (χ3n) is 5.36. The molecule has 36 heavy (non-hydrogen) atoms. The first kappa shape index (κ1) is 25.1. The van der Waals surface area contributed by atoms with Crippen LogP contribution < -0.4 is 4.90 Å². The molecule has 1 aliphatic heterocycles. The van der Waals surface area contributed by atoms with Gasteiger partial charge in [0, 0.05) is 16.8 Å². The molecule has 0 N–H and O–H groups in total. The average molecular weight is 516 g/mol. The highest BCUT2D eigenvalue weighted by atomic mass is 19.4. The quantitative estimate of drug-likeness (QED) is 0.452. The first-order valence-electron chi connectivity index (χ1n) is 10.2. The van der Waals surface area contributed by atoms with Crippen molar-refractivity contribution in [2.45, 2.75) is 24.8 Å². The maximum atomic E-state index is 15.3. The van der Waals surface area contributed by atoms with E-state index in [4.69, 9.17) is 4.42 Å². The number of carbonyl (C=O) groups excluding carboxylic acids is 2. The zero-order valence-corrected chi connectivity index (χ0v) is 18.0. The van der Waals surface area contributed by atoms with Gasteiger partial charge in [0.15, 0.2) is 0 Å². The number of alkyl halides is 6. The number of para-hydroxylation sites is 1. The van der Waals surface area contributed by atoms with Crippen molar-refractivity contribution in [3.63, 3.8) is 0 Å². The van der Waals surface area contributed by atoms with Crippen molar-refractivity contribution in [2.75, 3.05) is 18.0 Å². The fraction of sp³-hybridized carbons (Fsp3) is 0.273. The van der Waals surface area contributed by atoms with Crippen molar-refractivity contribution in [1.82, 2.24) is 15.1 Å². The minimum atomic E-state index is -5.22. The van der Waals surface area contributed by atoms with Gasteiger partial charge in [-0.05, 0) is 24.3 Å². The lowest BCUT2D eigenvalue weighted by Crippen LogP contribution is -2.69. The fourth-order valence-corrected chi connectivity index (χ4v) is 3.57. The Hall–Kier alpha value is -3.97. The summed E-state index contributed by atoms with van der Waals surface area (Å²) in [5, 5.41) is 6.56. The molecule has 0 radical (unpaired) electrons. The molecule has 2 heterocycles. The van der Waals surface area contributed by atoms with Crippen molar-refractivity contribution in [3.8, 4) is 11.5 Å². The van der Waals surface area contributed by atoms with E-state index in [2.05, 4.69) is 10.2 Å². The van der Waals surface area contributed by atoms with Crippen molar-refractivity contribution in [2.24, 2.45) is 0 Å². The molecule has 0 atom stereocenters. The smallest absolute Gasteiger partial charge is 0.415 e. The summed E-state index contributed by atoms with van der Waals surface area (Å²) in [7, 11) is 0. The number of nitrogens with zero attached hydrogens (tertiary/aromatic N) is 4. The van der Waals surface area contributed by atoms with Crippen molar-refractivity contribution >= 4 is 17.5 Å². The normalized spacial score (nSPS) is 15.1. The minimum absolute atomic E-state index is 0.0319. The van der Waals surface area contributed by atoms with Crippen LogP contribution in [0.5, 0.6) is 0 Å². The summed E-state index contributed by atoms with van der Waals surface area (Å²) in [6, 6.07) is 10.8. The third kappa shape index (κ3) is 4.88. The van der Waals surface area contributed by atoms with Crippen molar-refractivity contribution in [3.05, 3.63) is 65.8 Å². The number of anilines is 1. The highest BCUT2D eigenvalue weighted by molar-refractivity contribution is 6.01. The molecule has 2 aromatic carbocycles. The number of carbonyl (C=O) groups is 2. The number of halogens is 7. The Balaban J connectivity index is 1.58. The number of aromatic nitrogens is 2. The second-order valence-corrected chi connectivity index (χ2v) is 7.90. The van der Waals surface area contributed by atoms with E-state index < -0.39 is 61.4 Å². The predicted octanol–water partition coefficient (Wildman–Crippen LogP) is 4.46. The Labute approximate surface area is 198 Å². The zero-order chi connectivity index (χ0) is 26.3. The van der Waals surface area contributed by atoms with Gasteiger partial charge < -0.3 is 14.2 Å². The lowest BCUT2D eigenvalue weighted by molar-refractivity contribution is -0.197. The number of rotatable bonds is 6. The molecule has 0 spiro atoms. The van der Waals surface area contributed by atoms with Gasteiger partial charge in [-0.1, -0.05) is 24.3 Å². The highest BCUT2D eigenvalue weighted by Gasteiger charge is 2.58. The molecule has 1 aliphatic rings. The SMILES string of the molecule is O=C(N1CC(F)(C(=O)N(Cc2ccc(-c3nnc(C(F)F)o3)cc2F)c2ccccc2)C1)C(F)(F)F. The molecule has 0 saturated carbocycles. The Morgan fingerprint density at radius 2 is 1.75 bits per heavy atom. The number of benzene rings is 2. The van der Waals surface area contributed by atoms with Crippen molar-refractivity contribution in [1.29, 1.82) is 0 Å². The summed E-state index contributed by atoms with van der Waals surface area (Å²) in [5.74, 6) is -5.79. The minimum Gasteiger partial charge on any atom is -0.415 e. The van der Waals surface area contributed by atoms with Gasteiger partial charge in [0.1, 0.15) is 5.82 Å². The van der Waals surface area contributed by atoms with Gasteiger partial charge in [-0.2, -0.15) is 22.0 Å². The summed E-state index contributed by atoms with van der Waals surface area (Å²) in [4.78, 5) is 25.4. The molecule has 7 nitrogen and oxygen atoms in total. The van der Waals surface area contributed by atoms with E-state index in [-0.39, 0.29) is 27.6 Å². The maximum absolute atomic E-state index is 15.3. The molecule has 0 aliphatic carbocycles. The molecule has 190 valence electrons. The molecule has 1 saturated heterocycles. The van der Waals surface area contributed by atoms with Crippen LogP contribution in [-0.4, -0.2) is 51.8 Å². The molecule has 0 unspecified atom stereocenters. The van der Waals surface area contributed by atoms with E-state index in [1.54, 1.807) is 6.07 Å². The number of hydrogen-bond donors (Lipinski definition) is 0. The maximum Gasteiger partial charge on any atom is 0.471 e. The predicted molar refractivity (Wildman–Crippen MR) is 109 cm³/mol. The van der Waals surface area contributed by atoms with E-state index in [9.17, 15) is 35.9 Å². The average Bonchev–Trinajstić information content (AvgIpc) is 3.31. The van der Waals surface area contributed by atoms with Crippen LogP contribution in [0, 0.1) is 5.82 Å². The van der Waals surface area contributed by atoms with E-state index in [1.807, 2.05) is 0 Å². The van der Waals surface area contributed by atoms with Crippen LogP contribution in [0.4, 0.5) is 36.4 Å². The monoisotopic (exact) mass is 516 g/mol. The Morgan fingerprint density at radius 3 is 2.31 bits per heavy atom. The molecule has 1 fully saturated rings. The topological polar surface area (TPSA) is 79.5 Å². The standard InChI is InChI=1S/C22H15F7N4O3/c23-15-8-12(17-30-31-18(36-17)16(24)25)6-7-13(15)9-33(14-4-2-1-3-5-14)19(34)21(26)10-32(11-21)20(35)22(27,28)29/h1-8,16H,9-11H2. The van der Waals surface area contributed by atoms with Crippen LogP contribution in [0.1, 0.15) is 17.9 Å². The first-order valence-corrected chi connectivity index (χ1v) is 10.2. The summed E-state index contributed by atoms with van der Waals surface area (Å²) in [6.07, 6.45) is -8.24. The van der Waals surface area contributed by atoms with Gasteiger partial charge in [-0.3, -0.25) is 9.59 Å². The van der Waals surface area contributed by atoms with Gasteiger partial charge >= 0.3 is 18.5 Å². The molecule has 3 aromatic rings. The van der Waals surface area contributed by atoms with E-state index in [0.29, 0.717) is 0 Å². The Kier molecular flexibility index (Phi) is 6.45. The molecular weight excluding hydrogens is 501 g/mol. The van der Waals surface area contributed by atoms with E-state index in [1.165, 1.54) is 36.4 Å². The summed E-state index contributed by atoms with van der Waals surface area (Å²) >= 11 is 0. The Bertz CT molecular complexity index is 1270.